The van der Waals surface area contributed by atoms with Gasteiger partial charge in [0, 0.05) is 11.3 Å². The average Bonchev–Trinajstić information content (AvgIpc) is 2.45. The first-order valence-corrected chi connectivity index (χ1v) is 8.27. The van der Waals surface area contributed by atoms with Gasteiger partial charge in [-0.1, -0.05) is 23.8 Å². The Hall–Kier alpha value is -2.34. The van der Waals surface area contributed by atoms with Gasteiger partial charge in [-0.25, -0.2) is 0 Å². The minimum absolute atomic E-state index is 0.124. The second-order valence-electron chi connectivity index (χ2n) is 5.18. The number of aryl methyl sites for hydroxylation is 2. The molecule has 0 unspecified atom stereocenters. The third-order valence-electron chi connectivity index (χ3n) is 3.30. The zero-order valence-corrected chi connectivity index (χ0v) is 13.6. The fourth-order valence-electron chi connectivity index (χ4n) is 2.11. The van der Waals surface area contributed by atoms with Gasteiger partial charge in [0.1, 0.15) is 0 Å². The minimum atomic E-state index is -3.69. The van der Waals surface area contributed by atoms with Crippen molar-refractivity contribution in [2.24, 2.45) is 5.10 Å². The number of nitrogen functional groups attached to an aromatic ring is 1. The van der Waals surface area contributed by atoms with E-state index in [1.54, 1.807) is 6.92 Å². The van der Waals surface area contributed by atoms with Crippen LogP contribution in [-0.2, 0) is 10.0 Å². The third-order valence-corrected chi connectivity index (χ3v) is 4.52. The molecule has 2 rings (SSSR count). The molecule has 5 nitrogen and oxygen atoms in total. The van der Waals surface area contributed by atoms with Crippen molar-refractivity contribution in [1.29, 1.82) is 0 Å². The number of sulfonamides is 1. The number of hydrogen-bond donors (Lipinski definition) is 2. The van der Waals surface area contributed by atoms with Gasteiger partial charge in [0.05, 0.1) is 10.6 Å². The van der Waals surface area contributed by atoms with Crippen molar-refractivity contribution in [3.05, 3.63) is 59.2 Å². The summed E-state index contributed by atoms with van der Waals surface area (Å²) in [5.74, 6) is 0. The Morgan fingerprint density at radius 3 is 2.32 bits per heavy atom. The van der Waals surface area contributed by atoms with Crippen LogP contribution in [0.5, 0.6) is 0 Å². The molecule has 116 valence electrons. The highest BCUT2D eigenvalue weighted by atomic mass is 32.2. The summed E-state index contributed by atoms with van der Waals surface area (Å²) < 4.78 is 24.3. The maximum atomic E-state index is 12.2. The Morgan fingerprint density at radius 1 is 1.09 bits per heavy atom. The lowest BCUT2D eigenvalue weighted by atomic mass is 10.0. The summed E-state index contributed by atoms with van der Waals surface area (Å²) in [6.07, 6.45) is 0. The normalized spacial score (nSPS) is 12.2. The summed E-state index contributed by atoms with van der Waals surface area (Å²) in [7, 11) is -3.69. The van der Waals surface area contributed by atoms with Gasteiger partial charge in [0.25, 0.3) is 10.0 Å². The fraction of sp³-hybridized carbons (Fsp3) is 0.188. The second-order valence-corrected chi connectivity index (χ2v) is 6.84. The van der Waals surface area contributed by atoms with E-state index in [0.717, 1.165) is 16.7 Å². The number of nitrogens with one attached hydrogen (secondary N) is 1. The van der Waals surface area contributed by atoms with Crippen LogP contribution in [0, 0.1) is 13.8 Å². The highest BCUT2D eigenvalue weighted by Gasteiger charge is 2.13. The van der Waals surface area contributed by atoms with Gasteiger partial charge in [0.15, 0.2) is 0 Å². The van der Waals surface area contributed by atoms with Crippen LogP contribution < -0.4 is 10.6 Å². The molecular weight excluding hydrogens is 298 g/mol. The molecule has 3 N–H and O–H groups in total. The van der Waals surface area contributed by atoms with Crippen molar-refractivity contribution in [3.8, 4) is 0 Å². The average molecular weight is 317 g/mol. The van der Waals surface area contributed by atoms with Gasteiger partial charge < -0.3 is 5.73 Å². The van der Waals surface area contributed by atoms with Crippen LogP contribution in [0.25, 0.3) is 0 Å². The summed E-state index contributed by atoms with van der Waals surface area (Å²) in [5.41, 5.74) is 9.78. The monoisotopic (exact) mass is 317 g/mol. The second kappa shape index (κ2) is 6.19. The molecule has 0 radical (unpaired) electrons. The summed E-state index contributed by atoms with van der Waals surface area (Å²) in [5, 5.41) is 4.00. The molecule has 0 aliphatic heterocycles. The smallest absolute Gasteiger partial charge is 0.276 e. The lowest BCUT2D eigenvalue weighted by Crippen LogP contribution is -2.20. The summed E-state index contributed by atoms with van der Waals surface area (Å²) >= 11 is 0. The molecule has 0 amide bonds. The quantitative estimate of drug-likeness (QED) is 0.516. The Balaban J connectivity index is 2.24. The van der Waals surface area contributed by atoms with E-state index in [0.29, 0.717) is 11.4 Å². The lowest BCUT2D eigenvalue weighted by molar-refractivity contribution is 0.584. The molecule has 0 aliphatic carbocycles. The number of nitrogens with zero attached hydrogens (tertiary/aromatic N) is 1. The molecule has 0 fully saturated rings. The van der Waals surface area contributed by atoms with Crippen molar-refractivity contribution in [1.82, 2.24) is 4.83 Å². The van der Waals surface area contributed by atoms with Crippen LogP contribution in [0.3, 0.4) is 0 Å². The summed E-state index contributed by atoms with van der Waals surface area (Å²) in [4.78, 5) is 2.38. The van der Waals surface area contributed by atoms with Crippen LogP contribution in [0.4, 0.5) is 5.69 Å². The van der Waals surface area contributed by atoms with Gasteiger partial charge in [-0.3, -0.25) is 0 Å². The van der Waals surface area contributed by atoms with Crippen molar-refractivity contribution in [2.45, 2.75) is 25.7 Å². The van der Waals surface area contributed by atoms with E-state index in [9.17, 15) is 8.42 Å². The summed E-state index contributed by atoms with van der Waals surface area (Å²) in [6.45, 7) is 5.74. The molecule has 0 bridgehead atoms. The first-order valence-electron chi connectivity index (χ1n) is 6.79. The molecule has 0 saturated carbocycles. The zero-order chi connectivity index (χ0) is 16.3. The SMILES string of the molecule is C/C(=N\NS(=O)(=O)c1ccc(N)cc1)c1ccc(C)cc1C. The van der Waals surface area contributed by atoms with E-state index in [1.807, 2.05) is 32.0 Å². The van der Waals surface area contributed by atoms with E-state index in [2.05, 4.69) is 9.93 Å². The number of hydrazone groups is 1. The Morgan fingerprint density at radius 2 is 1.73 bits per heavy atom. The van der Waals surface area contributed by atoms with Crippen LogP contribution in [-0.4, -0.2) is 14.1 Å². The topological polar surface area (TPSA) is 84.5 Å². The third kappa shape index (κ3) is 3.65. The molecule has 22 heavy (non-hydrogen) atoms. The van der Waals surface area contributed by atoms with E-state index < -0.39 is 10.0 Å². The molecular formula is C16H19N3O2S. The molecule has 0 saturated heterocycles. The van der Waals surface area contributed by atoms with Crippen LogP contribution >= 0.6 is 0 Å². The molecule has 0 spiro atoms. The molecule has 0 aromatic heterocycles. The van der Waals surface area contributed by atoms with Gasteiger partial charge in [-0.15, -0.1) is 0 Å². The number of benzene rings is 2. The number of anilines is 1. The van der Waals surface area contributed by atoms with Crippen molar-refractivity contribution < 1.29 is 8.42 Å². The van der Waals surface area contributed by atoms with Crippen molar-refractivity contribution in [3.63, 3.8) is 0 Å². The number of rotatable bonds is 4. The largest absolute Gasteiger partial charge is 0.399 e. The predicted molar refractivity (Wildman–Crippen MR) is 89.3 cm³/mol. The van der Waals surface area contributed by atoms with Gasteiger partial charge in [0.2, 0.25) is 0 Å². The Labute approximate surface area is 130 Å². The Bertz CT molecular complexity index is 810. The number of nitrogens with two attached hydrogens (primary N) is 1. The van der Waals surface area contributed by atoms with E-state index in [1.165, 1.54) is 24.3 Å². The highest BCUT2D eigenvalue weighted by molar-refractivity contribution is 7.89. The zero-order valence-electron chi connectivity index (χ0n) is 12.8. The van der Waals surface area contributed by atoms with Crippen molar-refractivity contribution >= 4 is 21.4 Å². The van der Waals surface area contributed by atoms with Crippen LogP contribution in [0.1, 0.15) is 23.6 Å². The molecule has 0 atom stereocenters. The van der Waals surface area contributed by atoms with E-state index >= 15 is 0 Å². The minimum Gasteiger partial charge on any atom is -0.399 e. The molecule has 2 aromatic carbocycles. The fourth-order valence-corrected chi connectivity index (χ4v) is 2.96. The Kier molecular flexibility index (Phi) is 4.51. The molecule has 0 aliphatic rings. The first-order chi connectivity index (χ1) is 10.3. The number of hydrogen-bond acceptors (Lipinski definition) is 4. The molecule has 2 aromatic rings. The van der Waals surface area contributed by atoms with Gasteiger partial charge >= 0.3 is 0 Å². The predicted octanol–water partition coefficient (Wildman–Crippen LogP) is 2.59. The van der Waals surface area contributed by atoms with Gasteiger partial charge in [-0.05, 0) is 50.6 Å². The maximum absolute atomic E-state index is 12.2. The molecule has 6 heteroatoms. The van der Waals surface area contributed by atoms with Crippen LogP contribution in [0.15, 0.2) is 52.5 Å². The van der Waals surface area contributed by atoms with E-state index in [-0.39, 0.29) is 4.90 Å². The lowest BCUT2D eigenvalue weighted by Gasteiger charge is -2.08. The maximum Gasteiger partial charge on any atom is 0.276 e. The molecule has 0 heterocycles. The first kappa shape index (κ1) is 16.0. The highest BCUT2D eigenvalue weighted by Crippen LogP contribution is 2.13. The van der Waals surface area contributed by atoms with E-state index in [4.69, 9.17) is 5.73 Å². The summed E-state index contributed by atoms with van der Waals surface area (Å²) in [6, 6.07) is 11.9. The van der Waals surface area contributed by atoms with Gasteiger partial charge in [-0.2, -0.15) is 18.4 Å². The van der Waals surface area contributed by atoms with Crippen LogP contribution in [0.2, 0.25) is 0 Å². The standard InChI is InChI=1S/C16H19N3O2S/c1-11-4-9-16(12(2)10-11)13(3)18-19-22(20,21)15-7-5-14(17)6-8-15/h4-10,19H,17H2,1-3H3/b18-13+. The van der Waals surface area contributed by atoms with Crippen molar-refractivity contribution in [2.75, 3.05) is 5.73 Å².